The lowest BCUT2D eigenvalue weighted by Crippen LogP contribution is -2.57. The molecule has 0 spiro atoms. The Morgan fingerprint density at radius 3 is 2.28 bits per heavy atom. The predicted molar refractivity (Wildman–Crippen MR) is 119 cm³/mol. The molecule has 4 unspecified atom stereocenters. The lowest BCUT2D eigenvalue weighted by molar-refractivity contribution is -0.144. The number of likely N-dealkylation sites (tertiary alicyclic amines) is 1. The number of amides is 3. The topological polar surface area (TPSA) is 179 Å². The standard InChI is InChI=1S/C20H34N4O7S/c1-11(2)16(21)19(29)24-9-4-5-14(24)18(28)22-12(6-7-15(25)26)17(27)23-13(20(30)31)8-10-32-3/h11-14,16H,4-10,21H2,1-3H3,(H,22,28)(H,23,27)(H,25,26)(H,30,31). The van der Waals surface area contributed by atoms with Gasteiger partial charge in [0.25, 0.3) is 0 Å². The molecular weight excluding hydrogens is 440 g/mol. The highest BCUT2D eigenvalue weighted by Crippen LogP contribution is 2.20. The van der Waals surface area contributed by atoms with Gasteiger partial charge in [0.2, 0.25) is 17.7 Å². The minimum absolute atomic E-state index is 0.116. The van der Waals surface area contributed by atoms with Crippen molar-refractivity contribution in [2.24, 2.45) is 11.7 Å². The summed E-state index contributed by atoms with van der Waals surface area (Å²) in [6.07, 6.45) is 2.36. The number of carbonyl (C=O) groups is 5. The van der Waals surface area contributed by atoms with Crippen LogP contribution in [0.2, 0.25) is 0 Å². The summed E-state index contributed by atoms with van der Waals surface area (Å²) in [7, 11) is 0. The van der Waals surface area contributed by atoms with E-state index in [1.807, 2.05) is 0 Å². The molecule has 1 aliphatic heterocycles. The third kappa shape index (κ3) is 8.30. The molecule has 0 aliphatic carbocycles. The number of hydrogen-bond acceptors (Lipinski definition) is 7. The lowest BCUT2D eigenvalue weighted by atomic mass is 10.0. The molecule has 6 N–H and O–H groups in total. The molecule has 0 aromatic carbocycles. The molecule has 0 saturated carbocycles. The van der Waals surface area contributed by atoms with Crippen molar-refractivity contribution in [3.63, 3.8) is 0 Å². The first-order valence-corrected chi connectivity index (χ1v) is 12.0. The smallest absolute Gasteiger partial charge is 0.326 e. The van der Waals surface area contributed by atoms with Gasteiger partial charge in [-0.05, 0) is 43.6 Å². The second-order valence-corrected chi connectivity index (χ2v) is 9.12. The fraction of sp³-hybridized carbons (Fsp3) is 0.750. The van der Waals surface area contributed by atoms with E-state index in [1.54, 1.807) is 20.1 Å². The number of nitrogens with zero attached hydrogens (tertiary/aromatic N) is 1. The highest BCUT2D eigenvalue weighted by molar-refractivity contribution is 7.98. The maximum absolute atomic E-state index is 12.9. The molecule has 1 heterocycles. The van der Waals surface area contributed by atoms with Gasteiger partial charge in [0.15, 0.2) is 0 Å². The van der Waals surface area contributed by atoms with Crippen LogP contribution in [0.5, 0.6) is 0 Å². The van der Waals surface area contributed by atoms with Crippen LogP contribution >= 0.6 is 11.8 Å². The largest absolute Gasteiger partial charge is 0.481 e. The van der Waals surface area contributed by atoms with Crippen LogP contribution in [-0.4, -0.2) is 87.5 Å². The van der Waals surface area contributed by atoms with Crippen molar-refractivity contribution in [3.8, 4) is 0 Å². The van der Waals surface area contributed by atoms with Crippen LogP contribution in [0.3, 0.4) is 0 Å². The number of nitrogens with one attached hydrogen (secondary N) is 2. The van der Waals surface area contributed by atoms with E-state index >= 15 is 0 Å². The van der Waals surface area contributed by atoms with Gasteiger partial charge in [0.1, 0.15) is 18.1 Å². The van der Waals surface area contributed by atoms with Crippen LogP contribution in [0, 0.1) is 5.92 Å². The van der Waals surface area contributed by atoms with Crippen LogP contribution in [-0.2, 0) is 24.0 Å². The Kier molecular flexibility index (Phi) is 11.5. The Hall–Kier alpha value is -2.34. The summed E-state index contributed by atoms with van der Waals surface area (Å²) in [4.78, 5) is 62.1. The number of thioether (sulfide) groups is 1. The zero-order chi connectivity index (χ0) is 24.4. The van der Waals surface area contributed by atoms with Gasteiger partial charge in [-0.2, -0.15) is 11.8 Å². The molecule has 4 atom stereocenters. The third-order valence-corrected chi connectivity index (χ3v) is 5.99. The Morgan fingerprint density at radius 1 is 1.09 bits per heavy atom. The highest BCUT2D eigenvalue weighted by atomic mass is 32.2. The van der Waals surface area contributed by atoms with Crippen molar-refractivity contribution in [2.45, 2.75) is 70.1 Å². The fourth-order valence-electron chi connectivity index (χ4n) is 3.35. The van der Waals surface area contributed by atoms with Gasteiger partial charge in [-0.25, -0.2) is 4.79 Å². The van der Waals surface area contributed by atoms with E-state index in [9.17, 15) is 29.1 Å². The van der Waals surface area contributed by atoms with Crippen LogP contribution in [0.15, 0.2) is 0 Å². The van der Waals surface area contributed by atoms with Gasteiger partial charge in [-0.15, -0.1) is 0 Å². The number of nitrogens with two attached hydrogens (primary N) is 1. The zero-order valence-corrected chi connectivity index (χ0v) is 19.5. The SMILES string of the molecule is CSCCC(NC(=O)C(CCC(=O)O)NC(=O)C1CCCN1C(=O)C(N)C(C)C)C(=O)O. The molecule has 0 aromatic rings. The van der Waals surface area contributed by atoms with Gasteiger partial charge in [0, 0.05) is 13.0 Å². The molecule has 0 aromatic heterocycles. The van der Waals surface area contributed by atoms with Crippen molar-refractivity contribution in [1.29, 1.82) is 0 Å². The maximum atomic E-state index is 12.9. The molecule has 1 aliphatic rings. The Balaban J connectivity index is 2.93. The normalized spacial score (nSPS) is 18.7. The van der Waals surface area contributed by atoms with Crippen molar-refractivity contribution >= 4 is 41.4 Å². The van der Waals surface area contributed by atoms with Gasteiger partial charge in [-0.1, -0.05) is 13.8 Å². The average Bonchev–Trinajstić information content (AvgIpc) is 3.22. The molecule has 1 rings (SSSR count). The quantitative estimate of drug-likeness (QED) is 0.238. The Labute approximate surface area is 191 Å². The second kappa shape index (κ2) is 13.3. The lowest BCUT2D eigenvalue weighted by Gasteiger charge is -2.29. The summed E-state index contributed by atoms with van der Waals surface area (Å²) in [5.74, 6) is -3.71. The van der Waals surface area contributed by atoms with Gasteiger partial charge in [0.05, 0.1) is 6.04 Å². The zero-order valence-electron chi connectivity index (χ0n) is 18.7. The van der Waals surface area contributed by atoms with E-state index in [1.165, 1.54) is 16.7 Å². The van der Waals surface area contributed by atoms with E-state index < -0.39 is 54.3 Å². The summed E-state index contributed by atoms with van der Waals surface area (Å²) in [6.45, 7) is 3.96. The summed E-state index contributed by atoms with van der Waals surface area (Å²) < 4.78 is 0. The Morgan fingerprint density at radius 2 is 1.75 bits per heavy atom. The van der Waals surface area contributed by atoms with Crippen molar-refractivity contribution in [1.82, 2.24) is 15.5 Å². The van der Waals surface area contributed by atoms with Gasteiger partial charge >= 0.3 is 11.9 Å². The van der Waals surface area contributed by atoms with Crippen LogP contribution in [0.1, 0.15) is 46.0 Å². The second-order valence-electron chi connectivity index (χ2n) is 8.13. The first-order valence-electron chi connectivity index (χ1n) is 10.6. The fourth-order valence-corrected chi connectivity index (χ4v) is 3.82. The monoisotopic (exact) mass is 474 g/mol. The van der Waals surface area contributed by atoms with E-state index in [0.717, 1.165) is 0 Å². The number of hydrogen-bond donors (Lipinski definition) is 5. The number of rotatable bonds is 13. The first kappa shape index (κ1) is 27.7. The van der Waals surface area contributed by atoms with E-state index in [-0.39, 0.29) is 24.7 Å². The maximum Gasteiger partial charge on any atom is 0.326 e. The minimum Gasteiger partial charge on any atom is -0.481 e. The predicted octanol–water partition coefficient (Wildman–Crippen LogP) is -0.367. The summed E-state index contributed by atoms with van der Waals surface area (Å²) in [6, 6.07) is -3.99. The van der Waals surface area contributed by atoms with Crippen molar-refractivity contribution < 1.29 is 34.2 Å². The first-order chi connectivity index (χ1) is 15.0. The van der Waals surface area contributed by atoms with E-state index in [0.29, 0.717) is 25.1 Å². The van der Waals surface area contributed by atoms with Crippen LogP contribution < -0.4 is 16.4 Å². The van der Waals surface area contributed by atoms with Crippen LogP contribution in [0.4, 0.5) is 0 Å². The van der Waals surface area contributed by atoms with Gasteiger partial charge < -0.3 is 31.5 Å². The number of aliphatic carboxylic acids is 2. The Bertz CT molecular complexity index is 703. The minimum atomic E-state index is -1.24. The molecule has 12 heteroatoms. The molecule has 1 fully saturated rings. The van der Waals surface area contributed by atoms with E-state index in [2.05, 4.69) is 10.6 Å². The number of carbonyl (C=O) groups excluding carboxylic acids is 3. The highest BCUT2D eigenvalue weighted by Gasteiger charge is 2.38. The summed E-state index contributed by atoms with van der Waals surface area (Å²) in [5, 5.41) is 23.2. The molecule has 32 heavy (non-hydrogen) atoms. The molecule has 182 valence electrons. The molecular formula is C20H34N4O7S. The summed E-state index contributed by atoms with van der Waals surface area (Å²) >= 11 is 1.42. The number of carboxylic acids is 2. The average molecular weight is 475 g/mol. The molecule has 0 bridgehead atoms. The van der Waals surface area contributed by atoms with E-state index in [4.69, 9.17) is 10.8 Å². The molecule has 11 nitrogen and oxygen atoms in total. The number of carboxylic acid groups (broad SMARTS) is 2. The molecule has 3 amide bonds. The molecule has 0 radical (unpaired) electrons. The van der Waals surface area contributed by atoms with Crippen LogP contribution in [0.25, 0.3) is 0 Å². The molecule has 1 saturated heterocycles. The summed E-state index contributed by atoms with van der Waals surface area (Å²) in [5.41, 5.74) is 5.95. The third-order valence-electron chi connectivity index (χ3n) is 5.35. The van der Waals surface area contributed by atoms with Crippen molar-refractivity contribution in [3.05, 3.63) is 0 Å². The van der Waals surface area contributed by atoms with Gasteiger partial charge in [-0.3, -0.25) is 19.2 Å². The van der Waals surface area contributed by atoms with Crippen molar-refractivity contribution in [2.75, 3.05) is 18.6 Å².